The summed E-state index contributed by atoms with van der Waals surface area (Å²) in [6.45, 7) is 4.11. The van der Waals surface area contributed by atoms with Crippen LogP contribution in [-0.4, -0.2) is 30.0 Å². The molecule has 0 aliphatic carbocycles. The second kappa shape index (κ2) is 9.74. The second-order valence-electron chi connectivity index (χ2n) is 5.29. The lowest BCUT2D eigenvalue weighted by Gasteiger charge is -2.08. The summed E-state index contributed by atoms with van der Waals surface area (Å²) >= 11 is 1.22. The molecule has 0 aliphatic heterocycles. The fourth-order valence-corrected chi connectivity index (χ4v) is 2.66. The fourth-order valence-electron chi connectivity index (χ4n) is 2.05. The number of hydrogen-bond acceptors (Lipinski definition) is 5. The Hall–Kier alpha value is -2.47. The predicted octanol–water partition coefficient (Wildman–Crippen LogP) is 4.02. The first-order valence-corrected chi connectivity index (χ1v) is 9.10. The van der Waals surface area contributed by atoms with Crippen LogP contribution >= 0.6 is 11.8 Å². The van der Waals surface area contributed by atoms with Gasteiger partial charge in [-0.1, -0.05) is 12.1 Å². The Kier molecular flexibility index (Phi) is 7.35. The molecule has 2 rings (SSSR count). The van der Waals surface area contributed by atoms with Crippen molar-refractivity contribution in [1.29, 1.82) is 0 Å². The summed E-state index contributed by atoms with van der Waals surface area (Å²) in [7, 11) is 0. The van der Waals surface area contributed by atoms with Crippen molar-refractivity contribution in [2.75, 3.05) is 23.4 Å². The van der Waals surface area contributed by atoms with Crippen LogP contribution in [0.1, 0.15) is 12.5 Å². The number of amides is 1. The van der Waals surface area contributed by atoms with E-state index in [1.807, 2.05) is 31.2 Å². The Morgan fingerprint density at radius 1 is 1.04 bits per heavy atom. The van der Waals surface area contributed by atoms with E-state index in [-0.39, 0.29) is 23.4 Å². The average molecular weight is 359 g/mol. The Balaban J connectivity index is 1.79. The third kappa shape index (κ3) is 6.89. The van der Waals surface area contributed by atoms with E-state index in [0.29, 0.717) is 18.0 Å². The summed E-state index contributed by atoms with van der Waals surface area (Å²) in [5.74, 6) is 1.36. The number of esters is 1. The van der Waals surface area contributed by atoms with Crippen molar-refractivity contribution in [2.24, 2.45) is 0 Å². The zero-order chi connectivity index (χ0) is 18.1. The van der Waals surface area contributed by atoms with Gasteiger partial charge in [0, 0.05) is 5.69 Å². The molecular weight excluding hydrogens is 338 g/mol. The van der Waals surface area contributed by atoms with Gasteiger partial charge in [0.05, 0.1) is 18.1 Å². The molecule has 132 valence electrons. The molecule has 0 fully saturated rings. The topological polar surface area (TPSA) is 64.6 Å². The third-order valence-electron chi connectivity index (χ3n) is 3.12. The maximum Gasteiger partial charge on any atom is 0.315 e. The van der Waals surface area contributed by atoms with Gasteiger partial charge < -0.3 is 14.8 Å². The van der Waals surface area contributed by atoms with Gasteiger partial charge in [0.1, 0.15) is 11.5 Å². The molecule has 0 bridgehead atoms. The van der Waals surface area contributed by atoms with Gasteiger partial charge in [-0.15, -0.1) is 11.8 Å². The molecule has 6 heteroatoms. The maximum absolute atomic E-state index is 11.8. The molecule has 0 saturated carbocycles. The van der Waals surface area contributed by atoms with Crippen LogP contribution in [0, 0.1) is 6.92 Å². The zero-order valence-corrected chi connectivity index (χ0v) is 15.1. The molecule has 1 amide bonds. The molecule has 0 aliphatic rings. The monoisotopic (exact) mass is 359 g/mol. The first-order valence-electron chi connectivity index (χ1n) is 7.94. The summed E-state index contributed by atoms with van der Waals surface area (Å²) in [5.41, 5.74) is 1.81. The Morgan fingerprint density at radius 2 is 1.80 bits per heavy atom. The van der Waals surface area contributed by atoms with Crippen LogP contribution in [-0.2, 0) is 14.3 Å². The third-order valence-corrected chi connectivity index (χ3v) is 4.03. The number of rotatable bonds is 8. The summed E-state index contributed by atoms with van der Waals surface area (Å²) < 4.78 is 10.6. The zero-order valence-electron chi connectivity index (χ0n) is 14.3. The van der Waals surface area contributed by atoms with E-state index in [1.54, 1.807) is 31.2 Å². The predicted molar refractivity (Wildman–Crippen MR) is 100 cm³/mol. The van der Waals surface area contributed by atoms with E-state index in [1.165, 1.54) is 11.8 Å². The Morgan fingerprint density at radius 3 is 2.48 bits per heavy atom. The van der Waals surface area contributed by atoms with Gasteiger partial charge in [0.2, 0.25) is 5.91 Å². The number of carbonyl (C=O) groups excluding carboxylic acids is 2. The van der Waals surface area contributed by atoms with Gasteiger partial charge in [-0.2, -0.15) is 0 Å². The lowest BCUT2D eigenvalue weighted by atomic mass is 10.2. The van der Waals surface area contributed by atoms with E-state index < -0.39 is 0 Å². The van der Waals surface area contributed by atoms with Gasteiger partial charge in [-0.05, 0) is 55.8 Å². The molecule has 0 atom stereocenters. The average Bonchev–Trinajstić information content (AvgIpc) is 2.57. The molecule has 0 saturated heterocycles. The van der Waals surface area contributed by atoms with Crippen LogP contribution in [0.4, 0.5) is 5.69 Å². The minimum atomic E-state index is -0.307. The highest BCUT2D eigenvalue weighted by molar-refractivity contribution is 8.00. The van der Waals surface area contributed by atoms with Crippen LogP contribution in [0.15, 0.2) is 48.5 Å². The largest absolute Gasteiger partial charge is 0.465 e. The van der Waals surface area contributed by atoms with E-state index in [9.17, 15) is 9.59 Å². The summed E-state index contributed by atoms with van der Waals surface area (Å²) in [5, 5.41) is 2.78. The number of benzene rings is 2. The standard InChI is InChI=1S/C19H21NO4S/c1-3-23-19(22)13-25-12-18(21)20-15-7-9-16(10-8-15)24-17-6-4-5-14(2)11-17/h4-11H,3,12-13H2,1-2H3,(H,20,21). The Bertz CT molecular complexity index is 716. The molecule has 0 unspecified atom stereocenters. The van der Waals surface area contributed by atoms with Crippen molar-refractivity contribution >= 4 is 29.3 Å². The molecule has 25 heavy (non-hydrogen) atoms. The number of nitrogens with one attached hydrogen (secondary N) is 1. The molecule has 1 N–H and O–H groups in total. The van der Waals surface area contributed by atoms with E-state index in [0.717, 1.165) is 11.3 Å². The van der Waals surface area contributed by atoms with Gasteiger partial charge in [0.25, 0.3) is 0 Å². The number of thioether (sulfide) groups is 1. The molecule has 0 heterocycles. The van der Waals surface area contributed by atoms with Crippen molar-refractivity contribution in [1.82, 2.24) is 0 Å². The minimum absolute atomic E-state index is 0.165. The maximum atomic E-state index is 11.8. The minimum Gasteiger partial charge on any atom is -0.465 e. The van der Waals surface area contributed by atoms with Crippen molar-refractivity contribution in [2.45, 2.75) is 13.8 Å². The molecule has 2 aromatic carbocycles. The highest BCUT2D eigenvalue weighted by atomic mass is 32.2. The number of carbonyl (C=O) groups is 2. The van der Waals surface area contributed by atoms with Crippen molar-refractivity contribution < 1.29 is 19.1 Å². The molecule has 0 radical (unpaired) electrons. The van der Waals surface area contributed by atoms with Gasteiger partial charge in [0.15, 0.2) is 0 Å². The lowest BCUT2D eigenvalue weighted by Crippen LogP contribution is -2.16. The first kappa shape index (κ1) is 18.9. The van der Waals surface area contributed by atoms with Crippen LogP contribution in [0.2, 0.25) is 0 Å². The summed E-state index contributed by atoms with van der Waals surface area (Å²) in [6.07, 6.45) is 0. The highest BCUT2D eigenvalue weighted by Crippen LogP contribution is 2.23. The van der Waals surface area contributed by atoms with Crippen molar-refractivity contribution in [3.8, 4) is 11.5 Å². The molecule has 2 aromatic rings. The quantitative estimate of drug-likeness (QED) is 0.721. The Labute approximate surface area is 151 Å². The molecule has 0 spiro atoms. The number of anilines is 1. The smallest absolute Gasteiger partial charge is 0.315 e. The first-order chi connectivity index (χ1) is 12.1. The number of ether oxygens (including phenoxy) is 2. The second-order valence-corrected chi connectivity index (χ2v) is 6.27. The van der Waals surface area contributed by atoms with Crippen molar-refractivity contribution in [3.05, 3.63) is 54.1 Å². The van der Waals surface area contributed by atoms with Gasteiger partial charge in [-0.3, -0.25) is 9.59 Å². The molecule has 0 aromatic heterocycles. The number of hydrogen-bond donors (Lipinski definition) is 1. The van der Waals surface area contributed by atoms with Gasteiger partial charge >= 0.3 is 5.97 Å². The van der Waals surface area contributed by atoms with Crippen LogP contribution in [0.25, 0.3) is 0 Å². The van der Waals surface area contributed by atoms with Crippen LogP contribution < -0.4 is 10.1 Å². The summed E-state index contributed by atoms with van der Waals surface area (Å²) in [6, 6.07) is 14.9. The van der Waals surface area contributed by atoms with E-state index in [4.69, 9.17) is 9.47 Å². The SMILES string of the molecule is CCOC(=O)CSCC(=O)Nc1ccc(Oc2cccc(C)c2)cc1. The highest BCUT2D eigenvalue weighted by Gasteiger charge is 2.07. The van der Waals surface area contributed by atoms with Crippen LogP contribution in [0.3, 0.4) is 0 Å². The fraction of sp³-hybridized carbons (Fsp3) is 0.263. The normalized spacial score (nSPS) is 10.2. The van der Waals surface area contributed by atoms with Crippen molar-refractivity contribution in [3.63, 3.8) is 0 Å². The molecule has 5 nitrogen and oxygen atoms in total. The molecular formula is C19H21NO4S. The van der Waals surface area contributed by atoms with Crippen LogP contribution in [0.5, 0.6) is 11.5 Å². The number of aryl methyl sites for hydroxylation is 1. The van der Waals surface area contributed by atoms with E-state index in [2.05, 4.69) is 5.32 Å². The van der Waals surface area contributed by atoms with E-state index >= 15 is 0 Å². The lowest BCUT2D eigenvalue weighted by molar-refractivity contribution is -0.139. The summed E-state index contributed by atoms with van der Waals surface area (Å²) in [4.78, 5) is 23.1. The van der Waals surface area contributed by atoms with Gasteiger partial charge in [-0.25, -0.2) is 0 Å².